The molecule has 0 atom stereocenters. The van der Waals surface area contributed by atoms with Crippen LogP contribution in [0.15, 0.2) is 91.8 Å². The molecule has 106 valence electrons. The Morgan fingerprint density at radius 1 is 0.350 bits per heavy atom. The fourth-order valence-corrected chi connectivity index (χ4v) is 0.938. The third-order valence-electron chi connectivity index (χ3n) is 1.70. The van der Waals surface area contributed by atoms with Crippen molar-refractivity contribution in [2.45, 2.75) is 0 Å². The van der Waals surface area contributed by atoms with Crippen LogP contribution in [0, 0.1) is 0 Å². The van der Waals surface area contributed by atoms with Gasteiger partial charge >= 0.3 is 0 Å². The second-order valence-corrected chi connectivity index (χ2v) is 3.07. The van der Waals surface area contributed by atoms with E-state index < -0.39 is 0 Å². The van der Waals surface area contributed by atoms with Gasteiger partial charge in [0.15, 0.2) is 0 Å². The molecule has 0 aromatic carbocycles. The maximum Gasteiger partial charge on any atom is 0.0267 e. The molecule has 0 saturated heterocycles. The van der Waals surface area contributed by atoms with E-state index in [1.54, 1.807) is 37.2 Å². The topological polar surface area (TPSA) is 38.7 Å². The Labute approximate surface area is 143 Å². The van der Waals surface area contributed by atoms with Gasteiger partial charge in [0.25, 0.3) is 0 Å². The van der Waals surface area contributed by atoms with E-state index in [-0.39, 0.29) is 36.8 Å². The first-order chi connectivity index (χ1) is 9.00. The molecule has 0 spiro atoms. The molecule has 0 radical (unpaired) electrons. The van der Waals surface area contributed by atoms with Gasteiger partial charge in [-0.05, 0) is 36.4 Å². The average Bonchev–Trinajstić information content (AvgIpc) is 2.54. The first-order valence-electron chi connectivity index (χ1n) is 5.55. The number of pyridine rings is 3. The Hall–Kier alpha value is -1.43. The van der Waals surface area contributed by atoms with Crippen LogP contribution in [0.4, 0.5) is 0 Å². The zero-order valence-electron chi connectivity index (χ0n) is 10.7. The summed E-state index contributed by atoms with van der Waals surface area (Å²) >= 11 is 0. The molecule has 0 N–H and O–H groups in total. The van der Waals surface area contributed by atoms with E-state index in [0.717, 1.165) is 0 Å². The van der Waals surface area contributed by atoms with Crippen LogP contribution in [0.5, 0.6) is 0 Å². The first kappa shape index (κ1) is 20.9. The second kappa shape index (κ2) is 17.6. The van der Waals surface area contributed by atoms with E-state index in [9.17, 15) is 0 Å². The predicted octanol–water partition coefficient (Wildman–Crippen LogP) is 0.246. The third kappa shape index (κ3) is 14.6. The standard InChI is InChI=1S/3C5H5N.BrH.Os/c3*1-2-4-6-5-3-1;;/h3*1-5H;1H;/p-1. The molecule has 0 amide bonds. The zero-order valence-corrected chi connectivity index (χ0v) is 14.9. The Balaban J connectivity index is 0. The van der Waals surface area contributed by atoms with Crippen molar-refractivity contribution >= 4 is 0 Å². The van der Waals surface area contributed by atoms with E-state index in [1.807, 2.05) is 54.6 Å². The van der Waals surface area contributed by atoms with Crippen molar-refractivity contribution < 1.29 is 36.8 Å². The minimum atomic E-state index is 0. The van der Waals surface area contributed by atoms with E-state index in [2.05, 4.69) is 15.0 Å². The van der Waals surface area contributed by atoms with Crippen molar-refractivity contribution in [3.8, 4) is 0 Å². The molecular formula is C15H15BrN3Os-. The molecule has 0 saturated carbocycles. The molecule has 3 aromatic heterocycles. The van der Waals surface area contributed by atoms with Crippen LogP contribution in [-0.2, 0) is 19.8 Å². The van der Waals surface area contributed by atoms with Crippen LogP contribution in [0.1, 0.15) is 0 Å². The fourth-order valence-electron chi connectivity index (χ4n) is 0.938. The van der Waals surface area contributed by atoms with Crippen LogP contribution in [0.3, 0.4) is 0 Å². The summed E-state index contributed by atoms with van der Waals surface area (Å²) in [6, 6.07) is 17.1. The van der Waals surface area contributed by atoms with Gasteiger partial charge in [-0.3, -0.25) is 15.0 Å². The van der Waals surface area contributed by atoms with E-state index in [0.29, 0.717) is 0 Å². The Morgan fingerprint density at radius 3 is 0.600 bits per heavy atom. The van der Waals surface area contributed by atoms with Gasteiger partial charge in [-0.15, -0.1) is 0 Å². The summed E-state index contributed by atoms with van der Waals surface area (Å²) in [6.07, 6.45) is 10.5. The smallest absolute Gasteiger partial charge is 0.0267 e. The average molecular weight is 507 g/mol. The normalized spacial score (nSPS) is 7.20. The van der Waals surface area contributed by atoms with Crippen LogP contribution in [0.25, 0.3) is 0 Å². The van der Waals surface area contributed by atoms with Crippen molar-refractivity contribution in [1.82, 2.24) is 15.0 Å². The Bertz CT molecular complexity index is 314. The number of nitrogens with zero attached hydrogens (tertiary/aromatic N) is 3. The fraction of sp³-hybridized carbons (Fsp3) is 0. The van der Waals surface area contributed by atoms with Gasteiger partial charge in [0.05, 0.1) is 0 Å². The number of rotatable bonds is 0. The van der Waals surface area contributed by atoms with E-state index >= 15 is 0 Å². The van der Waals surface area contributed by atoms with Crippen molar-refractivity contribution in [1.29, 1.82) is 0 Å². The molecule has 0 bridgehead atoms. The van der Waals surface area contributed by atoms with Gasteiger partial charge in [-0.2, -0.15) is 0 Å². The summed E-state index contributed by atoms with van der Waals surface area (Å²) in [5.41, 5.74) is 0. The van der Waals surface area contributed by atoms with Crippen molar-refractivity contribution in [2.75, 3.05) is 0 Å². The number of hydrogen-bond acceptors (Lipinski definition) is 3. The Kier molecular flexibility index (Phi) is 18.3. The maximum absolute atomic E-state index is 3.78. The molecule has 3 nitrogen and oxygen atoms in total. The molecule has 0 aliphatic carbocycles. The van der Waals surface area contributed by atoms with Gasteiger partial charge < -0.3 is 17.0 Å². The molecule has 0 unspecified atom stereocenters. The van der Waals surface area contributed by atoms with Gasteiger partial charge in [0.1, 0.15) is 0 Å². The largest absolute Gasteiger partial charge is 1.00 e. The minimum Gasteiger partial charge on any atom is -1.00 e. The second-order valence-electron chi connectivity index (χ2n) is 3.07. The third-order valence-corrected chi connectivity index (χ3v) is 1.70. The molecule has 0 aliphatic heterocycles. The van der Waals surface area contributed by atoms with Crippen molar-refractivity contribution in [3.63, 3.8) is 0 Å². The summed E-state index contributed by atoms with van der Waals surface area (Å²) in [6.45, 7) is 0. The predicted molar refractivity (Wildman–Crippen MR) is 72.7 cm³/mol. The SMILES string of the molecule is [Br-].[Os].c1ccncc1.c1ccncc1.c1ccncc1. The molecule has 3 rings (SSSR count). The maximum atomic E-state index is 3.78. The van der Waals surface area contributed by atoms with Crippen LogP contribution in [0.2, 0.25) is 0 Å². The van der Waals surface area contributed by atoms with E-state index in [4.69, 9.17) is 0 Å². The van der Waals surface area contributed by atoms with Crippen molar-refractivity contribution in [2.24, 2.45) is 0 Å². The summed E-state index contributed by atoms with van der Waals surface area (Å²) in [5.74, 6) is 0. The Morgan fingerprint density at radius 2 is 0.550 bits per heavy atom. The van der Waals surface area contributed by atoms with Gasteiger partial charge in [0, 0.05) is 57.0 Å². The van der Waals surface area contributed by atoms with Crippen LogP contribution in [-0.4, -0.2) is 15.0 Å². The molecular weight excluding hydrogens is 492 g/mol. The molecule has 0 fully saturated rings. The summed E-state index contributed by atoms with van der Waals surface area (Å²) in [4.78, 5) is 11.4. The zero-order chi connectivity index (χ0) is 12.7. The van der Waals surface area contributed by atoms with Crippen LogP contribution < -0.4 is 17.0 Å². The summed E-state index contributed by atoms with van der Waals surface area (Å²) in [7, 11) is 0. The first-order valence-corrected chi connectivity index (χ1v) is 5.55. The molecule has 20 heavy (non-hydrogen) atoms. The molecule has 0 aliphatic rings. The number of aromatic nitrogens is 3. The van der Waals surface area contributed by atoms with Crippen molar-refractivity contribution in [3.05, 3.63) is 91.8 Å². The molecule has 5 heteroatoms. The van der Waals surface area contributed by atoms with Gasteiger partial charge in [0.2, 0.25) is 0 Å². The van der Waals surface area contributed by atoms with Crippen LogP contribution >= 0.6 is 0 Å². The number of hydrogen-bond donors (Lipinski definition) is 0. The summed E-state index contributed by atoms with van der Waals surface area (Å²) < 4.78 is 0. The monoisotopic (exact) mass is 508 g/mol. The van der Waals surface area contributed by atoms with Gasteiger partial charge in [-0.25, -0.2) is 0 Å². The minimum absolute atomic E-state index is 0. The molecule has 3 aromatic rings. The quantitative estimate of drug-likeness (QED) is 0.438. The van der Waals surface area contributed by atoms with E-state index in [1.165, 1.54) is 0 Å². The van der Waals surface area contributed by atoms with Gasteiger partial charge in [-0.1, -0.05) is 18.2 Å². The summed E-state index contributed by atoms with van der Waals surface area (Å²) in [5, 5.41) is 0. The number of halogens is 1. The molecule has 3 heterocycles.